The van der Waals surface area contributed by atoms with Crippen LogP contribution >= 0.6 is 0 Å². The molecule has 61 heavy (non-hydrogen) atoms. The van der Waals surface area contributed by atoms with Gasteiger partial charge in [-0.25, -0.2) is 18.0 Å². The Morgan fingerprint density at radius 2 is 1.52 bits per heavy atom. The molecule has 0 saturated carbocycles. The molecule has 4 N–H and O–H groups in total. The Balaban J connectivity index is 1.13. The van der Waals surface area contributed by atoms with E-state index in [-0.39, 0.29) is 42.4 Å². The van der Waals surface area contributed by atoms with Gasteiger partial charge in [-0.1, -0.05) is 45.0 Å². The van der Waals surface area contributed by atoms with Gasteiger partial charge < -0.3 is 44.0 Å². The highest BCUT2D eigenvalue weighted by atomic mass is 32.2. The summed E-state index contributed by atoms with van der Waals surface area (Å²) < 4.78 is 57.7. The Morgan fingerprint density at radius 1 is 0.803 bits per heavy atom. The molecule has 16 heteroatoms. The summed E-state index contributed by atoms with van der Waals surface area (Å²) in [6.07, 6.45) is 3.18. The van der Waals surface area contributed by atoms with Crippen molar-refractivity contribution < 1.29 is 46.8 Å². The molecular formula is C45H49N5O10S. The number of hydrogen-bond donors (Lipinski definition) is 4. The van der Waals surface area contributed by atoms with E-state index in [9.17, 15) is 23.1 Å². The van der Waals surface area contributed by atoms with Crippen LogP contribution in [0, 0.1) is 0 Å². The number of urea groups is 1. The van der Waals surface area contributed by atoms with Crippen LogP contribution < -0.4 is 34.3 Å². The number of pyridine rings is 1. The largest absolute Gasteiger partial charge is 0.497 e. The number of ether oxygens (including phenoxy) is 5. The summed E-state index contributed by atoms with van der Waals surface area (Å²) in [5, 5.41) is 16.5. The van der Waals surface area contributed by atoms with Crippen molar-refractivity contribution in [2.24, 2.45) is 7.05 Å². The van der Waals surface area contributed by atoms with E-state index >= 15 is 0 Å². The van der Waals surface area contributed by atoms with E-state index in [4.69, 9.17) is 23.7 Å². The van der Waals surface area contributed by atoms with Gasteiger partial charge in [-0.2, -0.15) is 0 Å². The molecule has 320 valence electrons. The second-order valence-corrected chi connectivity index (χ2v) is 17.0. The first-order valence-corrected chi connectivity index (χ1v) is 21.1. The number of aromatic carboxylic acids is 1. The summed E-state index contributed by atoms with van der Waals surface area (Å²) in [5.41, 5.74) is 3.99. The van der Waals surface area contributed by atoms with Crippen LogP contribution in [0.4, 0.5) is 21.9 Å². The Kier molecular flexibility index (Phi) is 13.4. The van der Waals surface area contributed by atoms with Gasteiger partial charge in [0.25, 0.3) is 0 Å². The zero-order chi connectivity index (χ0) is 43.9. The maximum Gasteiger partial charge on any atom is 0.352 e. The fourth-order valence-corrected chi connectivity index (χ4v) is 7.14. The lowest BCUT2D eigenvalue weighted by molar-refractivity contribution is 0.0681. The van der Waals surface area contributed by atoms with Crippen LogP contribution in [0.1, 0.15) is 53.8 Å². The normalized spacial score (nSPS) is 11.5. The number of aromatic nitrogens is 2. The zero-order valence-electron chi connectivity index (χ0n) is 35.0. The molecule has 0 radical (unpaired) electrons. The number of rotatable bonds is 17. The average Bonchev–Trinajstić information content (AvgIpc) is 3.57. The lowest BCUT2D eigenvalue weighted by Gasteiger charge is -2.24. The standard InChI is InChI=1S/C45H49N5O10S/c1-45(2,3)29-23-38(42(57-6)39(24-29)49-61(7,54)55)48-44(53)47-37-13-15-41(36-11-9-8-10-35(36)37)60-32-16-17-46-30(25-32)20-28-21-33(56-5)26-34(22-28)59-19-18-58-27-31-12-14-40(43(51)52)50(31)4/h8-17,21-26,49H,18-20,27H2,1-7H3,(H,51,52)(H2,47,48,53). The zero-order valence-corrected chi connectivity index (χ0v) is 35.8. The van der Waals surface area contributed by atoms with Gasteiger partial charge in [0.15, 0.2) is 5.75 Å². The molecule has 2 aromatic heterocycles. The van der Waals surface area contributed by atoms with Crippen LogP contribution in [0.3, 0.4) is 0 Å². The van der Waals surface area contributed by atoms with E-state index in [0.29, 0.717) is 40.8 Å². The Bertz CT molecular complexity index is 2670. The number of amides is 2. The molecule has 0 spiro atoms. The van der Waals surface area contributed by atoms with Gasteiger partial charge in [-0.05, 0) is 71.1 Å². The Morgan fingerprint density at radius 3 is 2.21 bits per heavy atom. The van der Waals surface area contributed by atoms with Crippen molar-refractivity contribution in [3.63, 3.8) is 0 Å². The van der Waals surface area contributed by atoms with Gasteiger partial charge in [0.1, 0.15) is 35.3 Å². The number of carbonyl (C=O) groups excluding carboxylic acids is 1. The number of nitrogens with zero attached hydrogens (tertiary/aromatic N) is 2. The average molecular weight is 852 g/mol. The third kappa shape index (κ3) is 11.3. The summed E-state index contributed by atoms with van der Waals surface area (Å²) in [6, 6.07) is 26.4. The highest BCUT2D eigenvalue weighted by Crippen LogP contribution is 2.40. The summed E-state index contributed by atoms with van der Waals surface area (Å²) in [7, 11) is 1.03. The molecule has 0 fully saturated rings. The Labute approximate surface area is 354 Å². The van der Waals surface area contributed by atoms with Gasteiger partial charge in [0, 0.05) is 54.0 Å². The minimum absolute atomic E-state index is 0.167. The number of sulfonamides is 1. The van der Waals surface area contributed by atoms with E-state index in [1.165, 1.54) is 7.11 Å². The highest BCUT2D eigenvalue weighted by Gasteiger charge is 2.23. The molecular weight excluding hydrogens is 803 g/mol. The van der Waals surface area contributed by atoms with Crippen molar-refractivity contribution in [2.45, 2.75) is 39.2 Å². The molecule has 6 aromatic rings. The van der Waals surface area contributed by atoms with Gasteiger partial charge >= 0.3 is 12.0 Å². The predicted molar refractivity (Wildman–Crippen MR) is 234 cm³/mol. The summed E-state index contributed by atoms with van der Waals surface area (Å²) in [5.74, 6) is 1.50. The molecule has 0 atom stereocenters. The number of nitrogens with one attached hydrogen (secondary N) is 3. The van der Waals surface area contributed by atoms with Crippen molar-refractivity contribution >= 4 is 49.9 Å². The fourth-order valence-electron chi connectivity index (χ4n) is 6.59. The molecule has 2 amide bonds. The topological polar surface area (TPSA) is 189 Å². The molecule has 0 saturated heterocycles. The Hall–Kier alpha value is -6.78. The summed E-state index contributed by atoms with van der Waals surface area (Å²) in [6.45, 7) is 6.74. The molecule has 4 aromatic carbocycles. The molecule has 0 aliphatic heterocycles. The van der Waals surface area contributed by atoms with E-state index in [1.54, 1.807) is 73.5 Å². The number of carboxylic acids is 1. The molecule has 2 heterocycles. The second-order valence-electron chi connectivity index (χ2n) is 15.2. The number of fused-ring (bicyclic) bond motifs is 1. The predicted octanol–water partition coefficient (Wildman–Crippen LogP) is 8.58. The van der Waals surface area contributed by atoms with Gasteiger partial charge in [0.2, 0.25) is 10.0 Å². The lowest BCUT2D eigenvalue weighted by atomic mass is 9.86. The van der Waals surface area contributed by atoms with E-state index in [2.05, 4.69) is 20.3 Å². The van der Waals surface area contributed by atoms with Crippen LogP contribution in [0.2, 0.25) is 0 Å². The first-order valence-electron chi connectivity index (χ1n) is 19.2. The van der Waals surface area contributed by atoms with Gasteiger partial charge in [-0.3, -0.25) is 9.71 Å². The number of hydrogen-bond acceptors (Lipinski definition) is 10. The van der Waals surface area contributed by atoms with E-state index in [0.717, 1.165) is 39.5 Å². The molecule has 0 aliphatic carbocycles. The highest BCUT2D eigenvalue weighted by molar-refractivity contribution is 7.92. The van der Waals surface area contributed by atoms with Crippen LogP contribution in [0.15, 0.2) is 97.2 Å². The smallest absolute Gasteiger partial charge is 0.352 e. The SMILES string of the molecule is COc1cc(Cc2cc(Oc3ccc(NC(=O)Nc4cc(C(C)(C)C)cc(NS(C)(=O)=O)c4OC)c4ccccc34)ccn2)cc(OCCOCc2ccc(C(=O)O)n2C)c1. The molecule has 15 nitrogen and oxygen atoms in total. The van der Waals surface area contributed by atoms with Crippen molar-refractivity contribution in [1.29, 1.82) is 0 Å². The van der Waals surface area contributed by atoms with Crippen molar-refractivity contribution in [1.82, 2.24) is 9.55 Å². The number of anilines is 3. The first-order chi connectivity index (χ1) is 29.0. The molecule has 0 unspecified atom stereocenters. The van der Waals surface area contributed by atoms with Crippen molar-refractivity contribution in [3.05, 3.63) is 125 Å². The van der Waals surface area contributed by atoms with Gasteiger partial charge in [0.05, 0.1) is 50.8 Å². The first kappa shape index (κ1) is 43.8. The number of methoxy groups -OCH3 is 2. The van der Waals surface area contributed by atoms with Crippen molar-refractivity contribution in [3.8, 4) is 28.7 Å². The van der Waals surface area contributed by atoms with Crippen LogP contribution in [0.25, 0.3) is 10.8 Å². The number of benzene rings is 4. The minimum Gasteiger partial charge on any atom is -0.497 e. The van der Waals surface area contributed by atoms with Crippen LogP contribution in [0.5, 0.6) is 28.7 Å². The summed E-state index contributed by atoms with van der Waals surface area (Å²) >= 11 is 0. The quantitative estimate of drug-likeness (QED) is 0.0644. The molecule has 0 aliphatic rings. The van der Waals surface area contributed by atoms with E-state index < -0.39 is 22.0 Å². The van der Waals surface area contributed by atoms with E-state index in [1.807, 2.05) is 63.2 Å². The third-order valence-electron chi connectivity index (χ3n) is 9.60. The molecule has 0 bridgehead atoms. The maximum atomic E-state index is 13.5. The number of carbonyl (C=O) groups is 2. The van der Waals surface area contributed by atoms with Crippen LogP contribution in [-0.4, -0.2) is 68.8 Å². The minimum atomic E-state index is -3.65. The lowest BCUT2D eigenvalue weighted by Crippen LogP contribution is -2.22. The van der Waals surface area contributed by atoms with Crippen molar-refractivity contribution in [2.75, 3.05) is 49.0 Å². The second kappa shape index (κ2) is 18.6. The monoisotopic (exact) mass is 851 g/mol. The van der Waals surface area contributed by atoms with Crippen LogP contribution in [-0.2, 0) is 40.3 Å². The summed E-state index contributed by atoms with van der Waals surface area (Å²) in [4.78, 5) is 29.4. The fraction of sp³-hybridized carbons (Fsp3) is 0.267. The maximum absolute atomic E-state index is 13.5. The van der Waals surface area contributed by atoms with Gasteiger partial charge in [-0.15, -0.1) is 0 Å². The number of carboxylic acid groups (broad SMARTS) is 1. The third-order valence-corrected chi connectivity index (χ3v) is 10.2. The molecule has 6 rings (SSSR count).